The lowest BCUT2D eigenvalue weighted by atomic mass is 9.85. The molecule has 1 N–H and O–H groups in total. The lowest BCUT2D eigenvalue weighted by Crippen LogP contribution is -2.57. The van der Waals surface area contributed by atoms with Crippen LogP contribution in [0.15, 0.2) is 24.3 Å². The predicted molar refractivity (Wildman–Crippen MR) is 99.9 cm³/mol. The molecule has 1 aliphatic heterocycles. The van der Waals surface area contributed by atoms with E-state index in [4.69, 9.17) is 4.74 Å². The van der Waals surface area contributed by atoms with Crippen LogP contribution in [0.5, 0.6) is 0 Å². The maximum Gasteiger partial charge on any atom is 0.223 e. The number of methoxy groups -OCH3 is 1. The van der Waals surface area contributed by atoms with Crippen molar-refractivity contribution in [2.75, 3.05) is 26.8 Å². The molecule has 2 aliphatic rings. The molecule has 2 fully saturated rings. The van der Waals surface area contributed by atoms with Crippen molar-refractivity contribution in [2.45, 2.75) is 43.4 Å². The van der Waals surface area contributed by atoms with E-state index in [9.17, 15) is 17.6 Å². The van der Waals surface area contributed by atoms with Gasteiger partial charge >= 0.3 is 0 Å². The lowest BCUT2D eigenvalue weighted by molar-refractivity contribution is -0.125. The first-order chi connectivity index (χ1) is 12.9. The van der Waals surface area contributed by atoms with Gasteiger partial charge in [-0.1, -0.05) is 18.2 Å². The molecule has 0 unspecified atom stereocenters. The molecule has 0 radical (unpaired) electrons. The average molecular weight is 399 g/mol. The van der Waals surface area contributed by atoms with E-state index in [0.717, 1.165) is 12.8 Å². The molecule has 0 bridgehead atoms. The first kappa shape index (κ1) is 20.2. The smallest absolute Gasteiger partial charge is 0.223 e. The Kier molecular flexibility index (Phi) is 6.18. The number of piperidine rings is 1. The van der Waals surface area contributed by atoms with Gasteiger partial charge in [-0.15, -0.1) is 0 Å². The summed E-state index contributed by atoms with van der Waals surface area (Å²) in [5.41, 5.74) is -0.254. The summed E-state index contributed by atoms with van der Waals surface area (Å²) in [5, 5.41) is 3.16. The quantitative estimate of drug-likeness (QED) is 0.727. The van der Waals surface area contributed by atoms with Gasteiger partial charge in [0.25, 0.3) is 0 Å². The van der Waals surface area contributed by atoms with Crippen LogP contribution in [0.4, 0.5) is 4.39 Å². The van der Waals surface area contributed by atoms with Gasteiger partial charge in [-0.2, -0.15) is 0 Å². The summed E-state index contributed by atoms with van der Waals surface area (Å²) in [7, 11) is -2.00. The van der Waals surface area contributed by atoms with E-state index < -0.39 is 21.4 Å². The number of hydrogen-bond donors (Lipinski definition) is 1. The zero-order valence-corrected chi connectivity index (χ0v) is 16.4. The number of hydrogen-bond acceptors (Lipinski definition) is 4. The molecular weight excluding hydrogens is 371 g/mol. The highest BCUT2D eigenvalue weighted by Gasteiger charge is 2.41. The van der Waals surface area contributed by atoms with Crippen molar-refractivity contribution in [1.82, 2.24) is 9.62 Å². The normalized spacial score (nSPS) is 20.4. The van der Waals surface area contributed by atoms with Gasteiger partial charge in [-0.3, -0.25) is 4.79 Å². The Morgan fingerprint density at radius 1 is 1.30 bits per heavy atom. The van der Waals surface area contributed by atoms with Crippen LogP contribution >= 0.6 is 0 Å². The van der Waals surface area contributed by atoms with Crippen molar-refractivity contribution >= 4 is 15.9 Å². The van der Waals surface area contributed by atoms with Gasteiger partial charge in [0.2, 0.25) is 15.9 Å². The Morgan fingerprint density at radius 3 is 2.56 bits per heavy atom. The monoisotopic (exact) mass is 398 g/mol. The summed E-state index contributed by atoms with van der Waals surface area (Å²) in [6, 6.07) is 5.94. The molecule has 1 saturated carbocycles. The molecule has 0 spiro atoms. The summed E-state index contributed by atoms with van der Waals surface area (Å²) in [6.07, 6.45) is 3.57. The highest BCUT2D eigenvalue weighted by molar-refractivity contribution is 7.88. The van der Waals surface area contributed by atoms with Gasteiger partial charge in [0.05, 0.1) is 5.75 Å². The molecule has 1 aliphatic carbocycles. The fourth-order valence-corrected chi connectivity index (χ4v) is 5.09. The molecule has 150 valence electrons. The highest BCUT2D eigenvalue weighted by atomic mass is 32.2. The van der Waals surface area contributed by atoms with E-state index in [1.165, 1.54) is 16.4 Å². The summed E-state index contributed by atoms with van der Waals surface area (Å²) >= 11 is 0. The van der Waals surface area contributed by atoms with E-state index in [2.05, 4.69) is 5.32 Å². The van der Waals surface area contributed by atoms with E-state index >= 15 is 0 Å². The van der Waals surface area contributed by atoms with Gasteiger partial charge in [0.1, 0.15) is 5.82 Å². The van der Waals surface area contributed by atoms with Crippen LogP contribution in [-0.2, 0) is 25.3 Å². The summed E-state index contributed by atoms with van der Waals surface area (Å²) < 4.78 is 45.9. The zero-order valence-electron chi connectivity index (χ0n) is 15.6. The van der Waals surface area contributed by atoms with Gasteiger partial charge < -0.3 is 10.1 Å². The fraction of sp³-hybridized carbons (Fsp3) is 0.632. The van der Waals surface area contributed by atoms with Crippen LogP contribution in [-0.4, -0.2) is 51.0 Å². The number of carbonyl (C=O) groups is 1. The Balaban J connectivity index is 1.65. The van der Waals surface area contributed by atoms with Crippen molar-refractivity contribution in [3.8, 4) is 0 Å². The van der Waals surface area contributed by atoms with E-state index in [-0.39, 0.29) is 23.1 Å². The molecule has 1 saturated heterocycles. The topological polar surface area (TPSA) is 75.7 Å². The Morgan fingerprint density at radius 2 is 1.96 bits per heavy atom. The van der Waals surface area contributed by atoms with Crippen molar-refractivity contribution < 1.29 is 22.3 Å². The first-order valence-electron chi connectivity index (χ1n) is 9.37. The standard InChI is InChI=1S/C19H27FN2O4S/c1-26-13-10-19(21-18(23)15-6-7-15)8-11-22(12-9-19)27(24,25)14-16-4-2-3-5-17(16)20/h2-5,15H,6-14H2,1H3,(H,21,23). The Bertz CT molecular complexity index is 772. The largest absolute Gasteiger partial charge is 0.385 e. The molecule has 8 heteroatoms. The molecule has 6 nitrogen and oxygen atoms in total. The van der Waals surface area contributed by atoms with Crippen LogP contribution in [0.3, 0.4) is 0 Å². The van der Waals surface area contributed by atoms with Crippen molar-refractivity contribution in [1.29, 1.82) is 0 Å². The molecule has 1 amide bonds. The van der Waals surface area contributed by atoms with Gasteiger partial charge in [-0.25, -0.2) is 17.1 Å². The molecule has 0 aromatic heterocycles. The van der Waals surface area contributed by atoms with Crippen LogP contribution in [0.25, 0.3) is 0 Å². The maximum absolute atomic E-state index is 13.8. The minimum atomic E-state index is -3.61. The van der Waals surface area contributed by atoms with Crippen LogP contribution in [0.1, 0.15) is 37.7 Å². The third kappa shape index (κ3) is 5.06. The summed E-state index contributed by atoms with van der Waals surface area (Å²) in [4.78, 5) is 12.3. The van der Waals surface area contributed by atoms with Gasteiger partial charge in [0.15, 0.2) is 0 Å². The van der Waals surface area contributed by atoms with Crippen LogP contribution in [0, 0.1) is 11.7 Å². The molecular formula is C19H27FN2O4S. The lowest BCUT2D eigenvalue weighted by Gasteiger charge is -2.42. The number of ether oxygens (including phenoxy) is 1. The highest BCUT2D eigenvalue weighted by Crippen LogP contribution is 2.33. The van der Waals surface area contributed by atoms with E-state index in [1.807, 2.05) is 0 Å². The Hall–Kier alpha value is -1.51. The number of halogens is 1. The van der Waals surface area contributed by atoms with Crippen LogP contribution < -0.4 is 5.32 Å². The van der Waals surface area contributed by atoms with Gasteiger partial charge in [0, 0.05) is 43.8 Å². The minimum Gasteiger partial charge on any atom is -0.385 e. The zero-order chi connectivity index (χ0) is 19.5. The number of benzene rings is 1. The maximum atomic E-state index is 13.8. The number of rotatable bonds is 8. The van der Waals surface area contributed by atoms with E-state index in [0.29, 0.717) is 39.0 Å². The number of carbonyl (C=O) groups excluding carboxylic acids is 1. The summed E-state index contributed by atoms with van der Waals surface area (Å²) in [5.74, 6) is -0.690. The summed E-state index contributed by atoms with van der Waals surface area (Å²) in [6.45, 7) is 1.13. The third-order valence-electron chi connectivity index (χ3n) is 5.49. The van der Waals surface area contributed by atoms with E-state index in [1.54, 1.807) is 19.2 Å². The minimum absolute atomic E-state index is 0.0637. The third-order valence-corrected chi connectivity index (χ3v) is 7.32. The SMILES string of the molecule is COCCC1(NC(=O)C2CC2)CCN(S(=O)(=O)Cc2ccccc2F)CC1. The van der Waals surface area contributed by atoms with Crippen molar-refractivity contribution in [3.63, 3.8) is 0 Å². The van der Waals surface area contributed by atoms with Crippen LogP contribution in [0.2, 0.25) is 0 Å². The second-order valence-corrected chi connectivity index (χ2v) is 9.50. The second-order valence-electron chi connectivity index (χ2n) is 7.53. The van der Waals surface area contributed by atoms with Crippen molar-refractivity contribution in [2.24, 2.45) is 5.92 Å². The molecule has 0 atom stereocenters. The number of amides is 1. The second kappa shape index (κ2) is 8.24. The molecule has 27 heavy (non-hydrogen) atoms. The fourth-order valence-electron chi connectivity index (χ4n) is 3.54. The van der Waals surface area contributed by atoms with Gasteiger partial charge in [-0.05, 0) is 38.2 Å². The molecule has 1 heterocycles. The molecule has 3 rings (SSSR count). The average Bonchev–Trinajstić information content (AvgIpc) is 3.48. The van der Waals surface area contributed by atoms with Crippen molar-refractivity contribution in [3.05, 3.63) is 35.6 Å². The Labute approximate surface area is 160 Å². The number of nitrogens with zero attached hydrogens (tertiary/aromatic N) is 1. The molecule has 1 aromatic carbocycles. The first-order valence-corrected chi connectivity index (χ1v) is 11.0. The predicted octanol–water partition coefficient (Wildman–Crippen LogP) is 2.05. The number of nitrogens with one attached hydrogen (secondary N) is 1. The molecule has 1 aromatic rings. The number of sulfonamides is 1.